The minimum Gasteiger partial charge on any atom is -0.337 e. The highest BCUT2D eigenvalue weighted by Gasteiger charge is 2.22. The number of fused-ring (bicyclic) bond motifs is 3. The largest absolute Gasteiger partial charge is 0.337 e. The van der Waals surface area contributed by atoms with Crippen molar-refractivity contribution in [3.8, 4) is 6.07 Å². The Hall–Kier alpha value is -2.09. The zero-order valence-corrected chi connectivity index (χ0v) is 10.3. The van der Waals surface area contributed by atoms with E-state index >= 15 is 0 Å². The molecule has 0 aromatic carbocycles. The zero-order chi connectivity index (χ0) is 12.7. The van der Waals surface area contributed by atoms with Gasteiger partial charge in [0, 0.05) is 12.2 Å². The first-order chi connectivity index (χ1) is 8.72. The standard InChI is InChI=1S/C13H14N4O/c1-8-15-11-9(7-14)10-5-3-2-4-6-17(10)12(11)13(18)16-8/h2-6H2,1H3,(H,15,16,18). The average Bonchev–Trinajstić information content (AvgIpc) is 2.49. The fourth-order valence-electron chi connectivity index (χ4n) is 2.77. The van der Waals surface area contributed by atoms with E-state index in [4.69, 9.17) is 0 Å². The molecule has 2 aromatic rings. The van der Waals surface area contributed by atoms with E-state index in [0.717, 1.165) is 37.9 Å². The molecular weight excluding hydrogens is 228 g/mol. The van der Waals surface area contributed by atoms with Gasteiger partial charge in [0.1, 0.15) is 22.9 Å². The molecule has 2 aromatic heterocycles. The van der Waals surface area contributed by atoms with Crippen LogP contribution in [-0.2, 0) is 13.0 Å². The highest BCUT2D eigenvalue weighted by atomic mass is 16.1. The molecule has 1 aliphatic rings. The SMILES string of the molecule is Cc1nc2c(C#N)c3n(c2c(=O)[nH]1)CCCCC3. The van der Waals surface area contributed by atoms with Crippen molar-refractivity contribution in [1.82, 2.24) is 14.5 Å². The third-order valence-corrected chi connectivity index (χ3v) is 3.54. The maximum absolute atomic E-state index is 12.1. The molecule has 3 rings (SSSR count). The van der Waals surface area contributed by atoms with Gasteiger partial charge in [0.2, 0.25) is 0 Å². The van der Waals surface area contributed by atoms with E-state index in [2.05, 4.69) is 16.0 Å². The van der Waals surface area contributed by atoms with Crippen molar-refractivity contribution in [2.75, 3.05) is 0 Å². The van der Waals surface area contributed by atoms with Crippen LogP contribution in [0.15, 0.2) is 4.79 Å². The zero-order valence-electron chi connectivity index (χ0n) is 10.3. The van der Waals surface area contributed by atoms with Gasteiger partial charge < -0.3 is 9.55 Å². The number of aromatic amines is 1. The van der Waals surface area contributed by atoms with Crippen LogP contribution in [0.4, 0.5) is 0 Å². The summed E-state index contributed by atoms with van der Waals surface area (Å²) in [5.41, 5.74) is 2.56. The molecule has 0 radical (unpaired) electrons. The third-order valence-electron chi connectivity index (χ3n) is 3.54. The molecule has 0 amide bonds. The number of rotatable bonds is 0. The summed E-state index contributed by atoms with van der Waals surface area (Å²) in [5.74, 6) is 0.560. The first-order valence-electron chi connectivity index (χ1n) is 6.24. The summed E-state index contributed by atoms with van der Waals surface area (Å²) in [7, 11) is 0. The number of aryl methyl sites for hydroxylation is 2. The first kappa shape index (κ1) is 11.0. The van der Waals surface area contributed by atoms with Crippen LogP contribution >= 0.6 is 0 Å². The van der Waals surface area contributed by atoms with Gasteiger partial charge in [-0.2, -0.15) is 5.26 Å². The lowest BCUT2D eigenvalue weighted by atomic mass is 10.1. The summed E-state index contributed by atoms with van der Waals surface area (Å²) in [6.07, 6.45) is 4.12. The van der Waals surface area contributed by atoms with Crippen LogP contribution in [0.25, 0.3) is 11.0 Å². The summed E-state index contributed by atoms with van der Waals surface area (Å²) in [6, 6.07) is 2.22. The monoisotopic (exact) mass is 242 g/mol. The molecule has 5 heteroatoms. The van der Waals surface area contributed by atoms with Crippen molar-refractivity contribution < 1.29 is 0 Å². The van der Waals surface area contributed by atoms with Crippen molar-refractivity contribution in [3.05, 3.63) is 27.4 Å². The number of H-pyrrole nitrogens is 1. The predicted molar refractivity (Wildman–Crippen MR) is 67.4 cm³/mol. The molecule has 0 atom stereocenters. The molecule has 0 fully saturated rings. The molecule has 0 aliphatic carbocycles. The second kappa shape index (κ2) is 3.98. The molecule has 0 saturated carbocycles. The van der Waals surface area contributed by atoms with Gasteiger partial charge in [-0.05, 0) is 26.2 Å². The Labute approximate surface area is 104 Å². The van der Waals surface area contributed by atoms with E-state index in [0.29, 0.717) is 22.4 Å². The van der Waals surface area contributed by atoms with Crippen LogP contribution in [0.1, 0.15) is 36.3 Å². The van der Waals surface area contributed by atoms with E-state index in [1.54, 1.807) is 6.92 Å². The molecule has 18 heavy (non-hydrogen) atoms. The van der Waals surface area contributed by atoms with Gasteiger partial charge in [-0.15, -0.1) is 0 Å². The quantitative estimate of drug-likeness (QED) is 0.763. The minimum atomic E-state index is -0.137. The Kier molecular flexibility index (Phi) is 2.44. The number of nitriles is 1. The van der Waals surface area contributed by atoms with Crippen molar-refractivity contribution in [2.24, 2.45) is 0 Å². The average molecular weight is 242 g/mol. The maximum Gasteiger partial charge on any atom is 0.275 e. The van der Waals surface area contributed by atoms with E-state index in [1.807, 2.05) is 4.57 Å². The van der Waals surface area contributed by atoms with Crippen molar-refractivity contribution in [3.63, 3.8) is 0 Å². The number of nitrogens with zero attached hydrogens (tertiary/aromatic N) is 3. The Bertz CT molecular complexity index is 717. The fraction of sp³-hybridized carbons (Fsp3) is 0.462. The molecule has 0 saturated heterocycles. The smallest absolute Gasteiger partial charge is 0.275 e. The van der Waals surface area contributed by atoms with Gasteiger partial charge in [0.25, 0.3) is 5.56 Å². The van der Waals surface area contributed by atoms with Gasteiger partial charge in [0.15, 0.2) is 0 Å². The van der Waals surface area contributed by atoms with Crippen molar-refractivity contribution >= 4 is 11.0 Å². The summed E-state index contributed by atoms with van der Waals surface area (Å²) >= 11 is 0. The van der Waals surface area contributed by atoms with Crippen LogP contribution in [-0.4, -0.2) is 14.5 Å². The summed E-state index contributed by atoms with van der Waals surface area (Å²) in [5, 5.41) is 9.34. The predicted octanol–water partition coefficient (Wildman–Crippen LogP) is 1.63. The van der Waals surface area contributed by atoms with Gasteiger partial charge in [-0.3, -0.25) is 4.79 Å². The third kappa shape index (κ3) is 1.46. The molecule has 92 valence electrons. The number of hydrogen-bond donors (Lipinski definition) is 1. The number of nitrogens with one attached hydrogen (secondary N) is 1. The lowest BCUT2D eigenvalue weighted by Gasteiger charge is -2.04. The molecule has 0 bridgehead atoms. The second-order valence-electron chi connectivity index (χ2n) is 4.74. The summed E-state index contributed by atoms with van der Waals surface area (Å²) < 4.78 is 1.99. The Morgan fingerprint density at radius 3 is 3.00 bits per heavy atom. The van der Waals surface area contributed by atoms with Crippen LogP contribution in [0.3, 0.4) is 0 Å². The maximum atomic E-state index is 12.1. The highest BCUT2D eigenvalue weighted by molar-refractivity contribution is 5.83. The van der Waals surface area contributed by atoms with Crippen molar-refractivity contribution in [2.45, 2.75) is 39.2 Å². The molecule has 5 nitrogen and oxygen atoms in total. The van der Waals surface area contributed by atoms with E-state index in [1.165, 1.54) is 0 Å². The summed E-state index contributed by atoms with van der Waals surface area (Å²) in [4.78, 5) is 19.2. The van der Waals surface area contributed by atoms with Crippen LogP contribution < -0.4 is 5.56 Å². The van der Waals surface area contributed by atoms with E-state index in [-0.39, 0.29) is 5.56 Å². The normalized spacial score (nSPS) is 15.1. The van der Waals surface area contributed by atoms with E-state index < -0.39 is 0 Å². The van der Waals surface area contributed by atoms with Crippen molar-refractivity contribution in [1.29, 1.82) is 5.26 Å². The van der Waals surface area contributed by atoms with Gasteiger partial charge in [0.05, 0.1) is 5.56 Å². The van der Waals surface area contributed by atoms with E-state index in [9.17, 15) is 10.1 Å². The van der Waals surface area contributed by atoms with Crippen LogP contribution in [0, 0.1) is 18.3 Å². The lowest BCUT2D eigenvalue weighted by molar-refractivity contribution is 0.646. The molecule has 0 unspecified atom stereocenters. The first-order valence-corrected chi connectivity index (χ1v) is 6.24. The lowest BCUT2D eigenvalue weighted by Crippen LogP contribution is -2.14. The number of aromatic nitrogens is 3. The highest BCUT2D eigenvalue weighted by Crippen LogP contribution is 2.26. The molecule has 1 aliphatic heterocycles. The second-order valence-corrected chi connectivity index (χ2v) is 4.74. The van der Waals surface area contributed by atoms with Gasteiger partial charge >= 0.3 is 0 Å². The van der Waals surface area contributed by atoms with Crippen LogP contribution in [0.2, 0.25) is 0 Å². The Balaban J connectivity index is 2.46. The Morgan fingerprint density at radius 1 is 1.39 bits per heavy atom. The summed E-state index contributed by atoms with van der Waals surface area (Å²) in [6.45, 7) is 2.55. The molecule has 3 heterocycles. The van der Waals surface area contributed by atoms with Crippen LogP contribution in [0.5, 0.6) is 0 Å². The Morgan fingerprint density at radius 2 is 2.22 bits per heavy atom. The molecule has 1 N–H and O–H groups in total. The topological polar surface area (TPSA) is 74.5 Å². The van der Waals surface area contributed by atoms with Gasteiger partial charge in [-0.1, -0.05) is 6.42 Å². The fourth-order valence-corrected chi connectivity index (χ4v) is 2.77. The molecule has 0 spiro atoms. The van der Waals surface area contributed by atoms with Gasteiger partial charge in [-0.25, -0.2) is 4.98 Å². The minimum absolute atomic E-state index is 0.137. The molecular formula is C13H14N4O. The number of hydrogen-bond acceptors (Lipinski definition) is 3.